The fourth-order valence-electron chi connectivity index (χ4n) is 4.53. The lowest BCUT2D eigenvalue weighted by molar-refractivity contribution is -0.151. The highest BCUT2D eigenvalue weighted by Gasteiger charge is 2.47. The Hall–Kier alpha value is -3.13. The lowest BCUT2D eigenvalue weighted by Gasteiger charge is -2.38. The van der Waals surface area contributed by atoms with Gasteiger partial charge in [-0.05, 0) is 43.9 Å². The molecule has 0 radical (unpaired) electrons. The molecule has 1 N–H and O–H groups in total. The van der Waals surface area contributed by atoms with Gasteiger partial charge in [0.05, 0.1) is 25.9 Å². The quantitative estimate of drug-likeness (QED) is 0.361. The molecule has 3 atom stereocenters. The number of dihydropyridines is 1. The molecular weight excluding hydrogens is 426 g/mol. The Kier molecular flexibility index (Phi) is 7.92. The third-order valence-electron chi connectivity index (χ3n) is 5.99. The number of benzene rings is 1. The van der Waals surface area contributed by atoms with Gasteiger partial charge in [0.15, 0.2) is 5.78 Å². The van der Waals surface area contributed by atoms with E-state index in [9.17, 15) is 14.4 Å². The Labute approximate surface area is 193 Å². The van der Waals surface area contributed by atoms with Crippen molar-refractivity contribution in [3.8, 4) is 5.75 Å². The van der Waals surface area contributed by atoms with E-state index in [1.54, 1.807) is 6.92 Å². The van der Waals surface area contributed by atoms with Gasteiger partial charge in [0, 0.05) is 30.0 Å². The molecule has 1 aliphatic carbocycles. The van der Waals surface area contributed by atoms with Crippen LogP contribution in [0.15, 0.2) is 46.8 Å². The minimum absolute atomic E-state index is 0.0828. The van der Waals surface area contributed by atoms with E-state index in [0.29, 0.717) is 46.9 Å². The minimum atomic E-state index is -0.933. The molecule has 0 saturated carbocycles. The summed E-state index contributed by atoms with van der Waals surface area (Å²) in [7, 11) is 2.80. The molecule has 1 aliphatic heterocycles. The summed E-state index contributed by atoms with van der Waals surface area (Å²) >= 11 is 0. The molecule has 8 heteroatoms. The summed E-state index contributed by atoms with van der Waals surface area (Å²) in [6.45, 7) is 6.34. The number of carbonyl (C=O) groups is 3. The van der Waals surface area contributed by atoms with E-state index in [1.807, 2.05) is 38.1 Å². The first kappa shape index (κ1) is 24.5. The molecule has 1 aromatic carbocycles. The predicted octanol–water partition coefficient (Wildman–Crippen LogP) is 2.89. The molecule has 1 heterocycles. The highest BCUT2D eigenvalue weighted by molar-refractivity contribution is 6.12. The molecule has 0 amide bonds. The van der Waals surface area contributed by atoms with E-state index in [2.05, 4.69) is 5.32 Å². The van der Waals surface area contributed by atoms with Crippen LogP contribution < -0.4 is 10.1 Å². The zero-order chi connectivity index (χ0) is 24.1. The van der Waals surface area contributed by atoms with E-state index < -0.39 is 23.8 Å². The molecule has 2 aliphatic rings. The topological polar surface area (TPSA) is 100 Å². The fraction of sp³-hybridized carbons (Fsp3) is 0.480. The summed E-state index contributed by atoms with van der Waals surface area (Å²) in [5.41, 5.74) is 2.75. The zero-order valence-corrected chi connectivity index (χ0v) is 19.7. The van der Waals surface area contributed by atoms with Crippen molar-refractivity contribution in [1.82, 2.24) is 5.32 Å². The van der Waals surface area contributed by atoms with Crippen molar-refractivity contribution in [1.29, 1.82) is 0 Å². The summed E-state index contributed by atoms with van der Waals surface area (Å²) in [4.78, 5) is 39.3. The molecular formula is C25H31NO7. The van der Waals surface area contributed by atoms with Crippen molar-refractivity contribution in [2.75, 3.05) is 34.0 Å². The number of ether oxygens (including phenoxy) is 4. The van der Waals surface area contributed by atoms with Gasteiger partial charge in [-0.1, -0.05) is 19.1 Å². The average molecular weight is 458 g/mol. The predicted molar refractivity (Wildman–Crippen MR) is 120 cm³/mol. The van der Waals surface area contributed by atoms with E-state index >= 15 is 0 Å². The van der Waals surface area contributed by atoms with E-state index in [-0.39, 0.29) is 24.9 Å². The van der Waals surface area contributed by atoms with Gasteiger partial charge >= 0.3 is 11.9 Å². The van der Waals surface area contributed by atoms with Crippen molar-refractivity contribution >= 4 is 17.7 Å². The van der Waals surface area contributed by atoms with Crippen LogP contribution in [0, 0.1) is 11.8 Å². The molecule has 0 bridgehead atoms. The standard InChI is InChI=1S/C25H31NO7/c1-6-32-17-9-7-8-16(13-17)21-20(25(29)33-11-10-30-4)15(3)26-18-12-14(2)19(24(28)31-5)23(27)22(18)21/h7-9,13-14,19,21,26H,6,10-12H2,1-5H3/t14-,19+,21-/m0/s1. The maximum Gasteiger partial charge on any atom is 0.336 e. The first-order chi connectivity index (χ1) is 15.8. The van der Waals surface area contributed by atoms with Gasteiger partial charge in [0.1, 0.15) is 18.3 Å². The van der Waals surface area contributed by atoms with Crippen molar-refractivity contribution in [3.63, 3.8) is 0 Å². The molecule has 3 rings (SSSR count). The summed E-state index contributed by atoms with van der Waals surface area (Å²) in [6.07, 6.45) is 0.478. The second kappa shape index (κ2) is 10.7. The lowest BCUT2D eigenvalue weighted by atomic mass is 9.69. The van der Waals surface area contributed by atoms with Gasteiger partial charge in [-0.15, -0.1) is 0 Å². The third-order valence-corrected chi connectivity index (χ3v) is 5.99. The minimum Gasteiger partial charge on any atom is -0.494 e. The first-order valence-electron chi connectivity index (χ1n) is 11.1. The monoisotopic (exact) mass is 457 g/mol. The molecule has 0 spiro atoms. The Morgan fingerprint density at radius 2 is 1.94 bits per heavy atom. The van der Waals surface area contributed by atoms with Crippen LogP contribution in [0.5, 0.6) is 5.75 Å². The van der Waals surface area contributed by atoms with Gasteiger partial charge < -0.3 is 24.3 Å². The normalized spacial score (nSPS) is 22.5. The second-order valence-corrected chi connectivity index (χ2v) is 8.17. The number of hydrogen-bond acceptors (Lipinski definition) is 8. The van der Waals surface area contributed by atoms with Crippen LogP contribution in [0.25, 0.3) is 0 Å². The summed E-state index contributed by atoms with van der Waals surface area (Å²) in [6, 6.07) is 7.30. The number of carbonyl (C=O) groups excluding carboxylic acids is 3. The molecule has 1 aromatic rings. The van der Waals surface area contributed by atoms with Crippen LogP contribution >= 0.6 is 0 Å². The Morgan fingerprint density at radius 1 is 1.18 bits per heavy atom. The van der Waals surface area contributed by atoms with E-state index in [4.69, 9.17) is 18.9 Å². The summed E-state index contributed by atoms with van der Waals surface area (Å²) in [5, 5.41) is 3.24. The van der Waals surface area contributed by atoms with Crippen molar-refractivity contribution in [3.05, 3.63) is 52.4 Å². The molecule has 8 nitrogen and oxygen atoms in total. The van der Waals surface area contributed by atoms with Crippen molar-refractivity contribution < 1.29 is 33.3 Å². The number of hydrogen-bond donors (Lipinski definition) is 1. The number of ketones is 1. The molecule has 178 valence electrons. The Morgan fingerprint density at radius 3 is 2.61 bits per heavy atom. The summed E-state index contributed by atoms with van der Waals surface area (Å²) in [5.74, 6) is -2.71. The molecule has 33 heavy (non-hydrogen) atoms. The zero-order valence-electron chi connectivity index (χ0n) is 19.7. The maximum absolute atomic E-state index is 13.7. The van der Waals surface area contributed by atoms with Crippen LogP contribution in [0.1, 0.15) is 38.7 Å². The number of esters is 2. The number of Topliss-reactive ketones (excluding diaryl/α,β-unsaturated/α-hetero) is 1. The average Bonchev–Trinajstić information content (AvgIpc) is 2.78. The second-order valence-electron chi connectivity index (χ2n) is 8.17. The van der Waals surface area contributed by atoms with Crippen LogP contribution in [-0.2, 0) is 28.6 Å². The Balaban J connectivity index is 2.13. The van der Waals surface area contributed by atoms with Crippen LogP contribution in [-0.4, -0.2) is 51.8 Å². The number of rotatable bonds is 8. The maximum atomic E-state index is 13.7. The SMILES string of the molecule is CCOc1cccc([C@H]2C(C(=O)OCCOC)=C(C)NC3=C2C(=O)[C@H](C(=O)OC)[C@@H](C)C3)c1. The highest BCUT2D eigenvalue weighted by atomic mass is 16.6. The third kappa shape index (κ3) is 4.95. The van der Waals surface area contributed by atoms with Crippen molar-refractivity contribution in [2.45, 2.75) is 33.1 Å². The Bertz CT molecular complexity index is 994. The molecule has 0 unspecified atom stereocenters. The number of methoxy groups -OCH3 is 2. The highest BCUT2D eigenvalue weighted by Crippen LogP contribution is 2.45. The van der Waals surface area contributed by atoms with E-state index in [1.165, 1.54) is 14.2 Å². The van der Waals surface area contributed by atoms with Gasteiger partial charge in [0.25, 0.3) is 0 Å². The largest absolute Gasteiger partial charge is 0.494 e. The van der Waals surface area contributed by atoms with E-state index in [0.717, 1.165) is 0 Å². The lowest BCUT2D eigenvalue weighted by Crippen LogP contribution is -2.43. The summed E-state index contributed by atoms with van der Waals surface area (Å²) < 4.78 is 21.0. The molecule has 0 saturated heterocycles. The van der Waals surface area contributed by atoms with Crippen LogP contribution in [0.2, 0.25) is 0 Å². The fourth-order valence-corrected chi connectivity index (χ4v) is 4.53. The van der Waals surface area contributed by atoms with Gasteiger partial charge in [-0.2, -0.15) is 0 Å². The van der Waals surface area contributed by atoms with Gasteiger partial charge in [0.2, 0.25) is 0 Å². The number of allylic oxidation sites excluding steroid dienone is 3. The number of nitrogens with one attached hydrogen (secondary N) is 1. The molecule has 0 aromatic heterocycles. The first-order valence-corrected chi connectivity index (χ1v) is 11.1. The molecule has 0 fully saturated rings. The smallest absolute Gasteiger partial charge is 0.336 e. The van der Waals surface area contributed by atoms with Crippen molar-refractivity contribution in [2.24, 2.45) is 11.8 Å². The van der Waals surface area contributed by atoms with Gasteiger partial charge in [-0.25, -0.2) is 4.79 Å². The van der Waals surface area contributed by atoms with Gasteiger partial charge in [-0.3, -0.25) is 9.59 Å². The van der Waals surface area contributed by atoms with Crippen LogP contribution in [0.3, 0.4) is 0 Å². The van der Waals surface area contributed by atoms with Crippen LogP contribution in [0.4, 0.5) is 0 Å².